The molecule has 2 unspecified atom stereocenters. The van der Waals surface area contributed by atoms with Crippen LogP contribution in [-0.2, 0) is 4.79 Å². The first-order valence-electron chi connectivity index (χ1n) is 13.1. The molecule has 3 saturated heterocycles. The fourth-order valence-electron chi connectivity index (χ4n) is 6.59. The first kappa shape index (κ1) is 22.3. The number of Topliss-reactive ketones (excluding diaryl/α,β-unsaturated/α-hetero) is 1. The van der Waals surface area contributed by atoms with Crippen LogP contribution in [0.3, 0.4) is 0 Å². The Kier molecular flexibility index (Phi) is 6.53. The molecule has 2 atom stereocenters. The molecule has 0 aromatic carbocycles. The first-order valence-corrected chi connectivity index (χ1v) is 13.1. The Bertz CT molecular complexity index is 768. The number of piperazine rings is 1. The summed E-state index contributed by atoms with van der Waals surface area (Å²) in [7, 11) is 0. The van der Waals surface area contributed by atoms with Gasteiger partial charge in [0.25, 0.3) is 0 Å². The van der Waals surface area contributed by atoms with Crippen LogP contribution in [0.2, 0.25) is 0 Å². The maximum Gasteiger partial charge on any atom is 0.225 e. The molecule has 0 N–H and O–H groups in total. The molecule has 176 valence electrons. The Morgan fingerprint density at radius 3 is 2.19 bits per heavy atom. The van der Waals surface area contributed by atoms with E-state index in [0.29, 0.717) is 48.2 Å². The standard InChI is InChI=1S/C26H41N5O/c1-4-25(32)13-19-11-24(12-19)29-9-7-20(8-10-29)21-14-27-26(28-15-21)31-22-5-6-23(31)17-30(16-22)18(2)3/h14-15,18-20,22-24H,4-13,16-17H2,1-3H3. The Morgan fingerprint density at radius 2 is 1.62 bits per heavy atom. The van der Waals surface area contributed by atoms with E-state index in [9.17, 15) is 4.79 Å². The normalized spacial score (nSPS) is 31.8. The second-order valence-corrected chi connectivity index (χ2v) is 11.1. The molecule has 6 heteroatoms. The lowest BCUT2D eigenvalue weighted by atomic mass is 9.75. The van der Waals surface area contributed by atoms with E-state index in [1.807, 2.05) is 6.92 Å². The number of rotatable bonds is 7. The van der Waals surface area contributed by atoms with Gasteiger partial charge in [-0.25, -0.2) is 9.97 Å². The molecule has 1 aromatic rings. The lowest BCUT2D eigenvalue weighted by molar-refractivity contribution is -0.120. The van der Waals surface area contributed by atoms with Gasteiger partial charge in [-0.05, 0) is 82.9 Å². The summed E-state index contributed by atoms with van der Waals surface area (Å²) in [4.78, 5) is 29.2. The van der Waals surface area contributed by atoms with Crippen molar-refractivity contribution >= 4 is 11.7 Å². The number of likely N-dealkylation sites (tertiary alicyclic amines) is 2. The molecule has 4 fully saturated rings. The molecule has 3 aliphatic heterocycles. The van der Waals surface area contributed by atoms with Gasteiger partial charge in [0.2, 0.25) is 5.95 Å². The third-order valence-corrected chi connectivity index (χ3v) is 8.77. The average molecular weight is 440 g/mol. The van der Waals surface area contributed by atoms with Gasteiger partial charge in [-0.2, -0.15) is 0 Å². The zero-order chi connectivity index (χ0) is 22.2. The van der Waals surface area contributed by atoms with Crippen molar-refractivity contribution in [2.75, 3.05) is 31.1 Å². The minimum Gasteiger partial charge on any atom is -0.332 e. The van der Waals surface area contributed by atoms with E-state index in [4.69, 9.17) is 9.97 Å². The molecule has 0 radical (unpaired) electrons. The molecule has 0 amide bonds. The molecule has 6 nitrogen and oxygen atoms in total. The van der Waals surface area contributed by atoms with Crippen LogP contribution >= 0.6 is 0 Å². The van der Waals surface area contributed by atoms with Gasteiger partial charge >= 0.3 is 0 Å². The summed E-state index contributed by atoms with van der Waals surface area (Å²) in [6.07, 6.45) is 13.1. The van der Waals surface area contributed by atoms with Crippen molar-refractivity contribution in [1.29, 1.82) is 0 Å². The number of hydrogen-bond donors (Lipinski definition) is 0. The quantitative estimate of drug-likeness (QED) is 0.643. The fourth-order valence-corrected chi connectivity index (χ4v) is 6.59. The summed E-state index contributed by atoms with van der Waals surface area (Å²) in [5, 5.41) is 0. The molecule has 1 aliphatic carbocycles. The molecule has 1 saturated carbocycles. The van der Waals surface area contributed by atoms with Crippen LogP contribution in [0.4, 0.5) is 5.95 Å². The largest absolute Gasteiger partial charge is 0.332 e. The molecule has 2 bridgehead atoms. The summed E-state index contributed by atoms with van der Waals surface area (Å²) in [5.41, 5.74) is 1.32. The number of carbonyl (C=O) groups excluding carboxylic acids is 1. The van der Waals surface area contributed by atoms with E-state index >= 15 is 0 Å². The highest BCUT2D eigenvalue weighted by Gasteiger charge is 2.42. The van der Waals surface area contributed by atoms with E-state index in [1.165, 1.54) is 57.2 Å². The monoisotopic (exact) mass is 439 g/mol. The number of piperidine rings is 1. The molecular formula is C26H41N5O. The van der Waals surface area contributed by atoms with Gasteiger partial charge in [-0.15, -0.1) is 0 Å². The van der Waals surface area contributed by atoms with Crippen LogP contribution in [0.5, 0.6) is 0 Å². The van der Waals surface area contributed by atoms with Gasteiger partial charge in [0.1, 0.15) is 5.78 Å². The maximum absolute atomic E-state index is 11.7. The SMILES string of the molecule is CCC(=O)CC1CC(N2CCC(c3cnc(N4C5CCC4CN(C(C)C)C5)nc3)CC2)C1. The van der Waals surface area contributed by atoms with Crippen molar-refractivity contribution < 1.29 is 4.79 Å². The highest BCUT2D eigenvalue weighted by atomic mass is 16.1. The van der Waals surface area contributed by atoms with E-state index < -0.39 is 0 Å². The van der Waals surface area contributed by atoms with Gasteiger partial charge in [-0.3, -0.25) is 9.69 Å². The lowest BCUT2D eigenvalue weighted by Crippen LogP contribution is -2.56. The van der Waals surface area contributed by atoms with Gasteiger partial charge in [0.15, 0.2) is 0 Å². The van der Waals surface area contributed by atoms with Crippen LogP contribution in [0, 0.1) is 5.92 Å². The number of nitrogens with zero attached hydrogens (tertiary/aromatic N) is 5. The third kappa shape index (κ3) is 4.45. The summed E-state index contributed by atoms with van der Waals surface area (Å²) in [5.74, 6) is 2.62. The van der Waals surface area contributed by atoms with Crippen LogP contribution < -0.4 is 4.90 Å². The molecular weight excluding hydrogens is 398 g/mol. The number of ketones is 1. The first-order chi connectivity index (χ1) is 15.5. The minimum absolute atomic E-state index is 0.436. The summed E-state index contributed by atoms with van der Waals surface area (Å²) in [6, 6.07) is 2.48. The van der Waals surface area contributed by atoms with Crippen LogP contribution in [-0.4, -0.2) is 75.9 Å². The summed E-state index contributed by atoms with van der Waals surface area (Å²) >= 11 is 0. The fraction of sp³-hybridized carbons (Fsp3) is 0.808. The molecule has 5 rings (SSSR count). The Hall–Kier alpha value is -1.53. The topological polar surface area (TPSA) is 52.6 Å². The minimum atomic E-state index is 0.436. The number of aromatic nitrogens is 2. The third-order valence-electron chi connectivity index (χ3n) is 8.77. The summed E-state index contributed by atoms with van der Waals surface area (Å²) in [6.45, 7) is 11.2. The van der Waals surface area contributed by atoms with Crippen molar-refractivity contribution in [3.8, 4) is 0 Å². The molecule has 4 heterocycles. The van der Waals surface area contributed by atoms with Crippen molar-refractivity contribution in [3.05, 3.63) is 18.0 Å². The number of anilines is 1. The molecule has 32 heavy (non-hydrogen) atoms. The Morgan fingerprint density at radius 1 is 1.00 bits per heavy atom. The smallest absolute Gasteiger partial charge is 0.225 e. The van der Waals surface area contributed by atoms with E-state index in [-0.39, 0.29) is 0 Å². The average Bonchev–Trinajstić information content (AvgIpc) is 3.04. The molecule has 0 spiro atoms. The van der Waals surface area contributed by atoms with Crippen LogP contribution in [0.25, 0.3) is 0 Å². The molecule has 4 aliphatic rings. The number of hydrogen-bond acceptors (Lipinski definition) is 6. The predicted molar refractivity (Wildman–Crippen MR) is 128 cm³/mol. The Balaban J connectivity index is 1.12. The maximum atomic E-state index is 11.7. The lowest BCUT2D eigenvalue weighted by Gasteiger charge is -2.45. The Labute approximate surface area is 193 Å². The van der Waals surface area contributed by atoms with E-state index in [0.717, 1.165) is 25.5 Å². The van der Waals surface area contributed by atoms with E-state index in [2.05, 4.69) is 40.9 Å². The highest BCUT2D eigenvalue weighted by Crippen LogP contribution is 2.38. The van der Waals surface area contributed by atoms with Gasteiger partial charge in [-0.1, -0.05) is 6.92 Å². The number of fused-ring (bicyclic) bond motifs is 2. The summed E-state index contributed by atoms with van der Waals surface area (Å²) < 4.78 is 0. The van der Waals surface area contributed by atoms with Crippen LogP contribution in [0.1, 0.15) is 83.6 Å². The van der Waals surface area contributed by atoms with Gasteiger partial charge in [0.05, 0.1) is 0 Å². The van der Waals surface area contributed by atoms with E-state index in [1.54, 1.807) is 0 Å². The van der Waals surface area contributed by atoms with Crippen molar-refractivity contribution in [2.45, 2.75) is 102 Å². The second-order valence-electron chi connectivity index (χ2n) is 11.1. The van der Waals surface area contributed by atoms with Crippen molar-refractivity contribution in [2.24, 2.45) is 5.92 Å². The number of carbonyl (C=O) groups is 1. The van der Waals surface area contributed by atoms with Gasteiger partial charge < -0.3 is 9.80 Å². The zero-order valence-electron chi connectivity index (χ0n) is 20.2. The van der Waals surface area contributed by atoms with Gasteiger partial charge in [0, 0.05) is 62.5 Å². The van der Waals surface area contributed by atoms with Crippen LogP contribution in [0.15, 0.2) is 12.4 Å². The zero-order valence-corrected chi connectivity index (χ0v) is 20.2. The molecule has 1 aromatic heterocycles. The van der Waals surface area contributed by atoms with Crippen molar-refractivity contribution in [3.63, 3.8) is 0 Å². The highest BCUT2D eigenvalue weighted by molar-refractivity contribution is 5.78. The van der Waals surface area contributed by atoms with Crippen molar-refractivity contribution in [1.82, 2.24) is 19.8 Å². The second kappa shape index (κ2) is 9.38. The predicted octanol–water partition coefficient (Wildman–Crippen LogP) is 3.87.